The molecule has 0 aromatic heterocycles. The molecule has 1 aromatic carbocycles. The maximum absolute atomic E-state index is 9.33. The predicted molar refractivity (Wildman–Crippen MR) is 64.3 cm³/mol. The molecule has 0 aliphatic carbocycles. The van der Waals surface area contributed by atoms with E-state index in [0.29, 0.717) is 0 Å². The highest BCUT2D eigenvalue weighted by molar-refractivity contribution is 14.1. The van der Waals surface area contributed by atoms with Crippen molar-refractivity contribution in [1.29, 1.82) is 0 Å². The van der Waals surface area contributed by atoms with Crippen LogP contribution in [0.1, 0.15) is 18.5 Å². The number of rotatable bonds is 3. The molecule has 78 valence electrons. The van der Waals surface area contributed by atoms with Crippen molar-refractivity contribution in [2.75, 3.05) is 7.11 Å². The van der Waals surface area contributed by atoms with Crippen LogP contribution in [0.15, 0.2) is 18.2 Å². The van der Waals surface area contributed by atoms with Crippen molar-refractivity contribution in [3.05, 3.63) is 27.3 Å². The van der Waals surface area contributed by atoms with Crippen LogP contribution in [0.4, 0.5) is 0 Å². The molecule has 0 unspecified atom stereocenters. The number of nitrogens with two attached hydrogens (primary N) is 1. The molecule has 0 spiro atoms. The van der Waals surface area contributed by atoms with Gasteiger partial charge in [-0.2, -0.15) is 0 Å². The third-order valence-electron chi connectivity index (χ3n) is 2.08. The van der Waals surface area contributed by atoms with Gasteiger partial charge < -0.3 is 15.6 Å². The van der Waals surface area contributed by atoms with E-state index in [-0.39, 0.29) is 6.04 Å². The summed E-state index contributed by atoms with van der Waals surface area (Å²) < 4.78 is 6.13. The van der Waals surface area contributed by atoms with Crippen molar-refractivity contribution in [3.8, 4) is 5.75 Å². The predicted octanol–water partition coefficient (Wildman–Crippen LogP) is 1.68. The fraction of sp³-hybridized carbons (Fsp3) is 0.400. The van der Waals surface area contributed by atoms with Crippen LogP contribution in [0.5, 0.6) is 5.75 Å². The Balaban J connectivity index is 2.96. The van der Waals surface area contributed by atoms with Crippen molar-refractivity contribution in [3.63, 3.8) is 0 Å². The number of aliphatic hydroxyl groups excluding tert-OH is 1. The summed E-state index contributed by atoms with van der Waals surface area (Å²) in [4.78, 5) is 0. The standard InChI is InChI=1S/C10H14INO2/c1-6(13)10(12)7-3-4-9(14-2)8(11)5-7/h3-6,10,13H,12H2,1-2H3/t6-,10-/m1/s1. The Morgan fingerprint density at radius 3 is 2.57 bits per heavy atom. The fourth-order valence-corrected chi connectivity index (χ4v) is 1.93. The molecule has 3 N–H and O–H groups in total. The van der Waals surface area contributed by atoms with Gasteiger partial charge >= 0.3 is 0 Å². The molecular weight excluding hydrogens is 293 g/mol. The van der Waals surface area contributed by atoms with Gasteiger partial charge in [-0.15, -0.1) is 0 Å². The summed E-state index contributed by atoms with van der Waals surface area (Å²) in [5, 5.41) is 9.33. The number of benzene rings is 1. The molecule has 1 rings (SSSR count). The van der Waals surface area contributed by atoms with E-state index in [2.05, 4.69) is 22.6 Å². The van der Waals surface area contributed by atoms with Gasteiger partial charge in [0, 0.05) is 0 Å². The third kappa shape index (κ3) is 2.59. The molecule has 0 aliphatic heterocycles. The highest BCUT2D eigenvalue weighted by Gasteiger charge is 2.13. The van der Waals surface area contributed by atoms with Crippen LogP contribution < -0.4 is 10.5 Å². The minimum absolute atomic E-state index is 0.338. The largest absolute Gasteiger partial charge is 0.496 e. The molecule has 2 atom stereocenters. The summed E-state index contributed by atoms with van der Waals surface area (Å²) in [5.41, 5.74) is 6.73. The third-order valence-corrected chi connectivity index (χ3v) is 2.92. The lowest BCUT2D eigenvalue weighted by Crippen LogP contribution is -2.23. The van der Waals surface area contributed by atoms with E-state index >= 15 is 0 Å². The van der Waals surface area contributed by atoms with E-state index in [1.165, 1.54) is 0 Å². The summed E-state index contributed by atoms with van der Waals surface area (Å²) in [6.07, 6.45) is -0.542. The number of ether oxygens (including phenoxy) is 1. The van der Waals surface area contributed by atoms with Crippen LogP contribution >= 0.6 is 22.6 Å². The van der Waals surface area contributed by atoms with Crippen LogP contribution in [0.2, 0.25) is 0 Å². The van der Waals surface area contributed by atoms with Gasteiger partial charge in [0.05, 0.1) is 22.8 Å². The van der Waals surface area contributed by atoms with Crippen molar-refractivity contribution >= 4 is 22.6 Å². The summed E-state index contributed by atoms with van der Waals surface area (Å²) in [7, 11) is 1.63. The van der Waals surface area contributed by atoms with Gasteiger partial charge in [-0.25, -0.2) is 0 Å². The molecule has 0 aliphatic rings. The van der Waals surface area contributed by atoms with Crippen LogP contribution in [0, 0.1) is 3.57 Å². The summed E-state index contributed by atoms with van der Waals surface area (Å²) in [6, 6.07) is 5.32. The second kappa shape index (κ2) is 4.95. The topological polar surface area (TPSA) is 55.5 Å². The second-order valence-electron chi connectivity index (χ2n) is 3.16. The molecule has 0 amide bonds. The lowest BCUT2D eigenvalue weighted by atomic mass is 10.0. The number of aliphatic hydroxyl groups is 1. The average Bonchev–Trinajstić information content (AvgIpc) is 2.16. The first-order valence-corrected chi connectivity index (χ1v) is 5.41. The Morgan fingerprint density at radius 1 is 1.50 bits per heavy atom. The Kier molecular flexibility index (Phi) is 4.15. The lowest BCUT2D eigenvalue weighted by molar-refractivity contribution is 0.164. The lowest BCUT2D eigenvalue weighted by Gasteiger charge is -2.16. The molecule has 0 bridgehead atoms. The zero-order chi connectivity index (χ0) is 10.7. The van der Waals surface area contributed by atoms with E-state index in [1.54, 1.807) is 14.0 Å². The Bertz CT molecular complexity index is 315. The molecule has 0 radical (unpaired) electrons. The molecule has 1 aromatic rings. The van der Waals surface area contributed by atoms with Gasteiger partial charge in [-0.3, -0.25) is 0 Å². The quantitative estimate of drug-likeness (QED) is 0.836. The van der Waals surface area contributed by atoms with Gasteiger partial charge in [0.25, 0.3) is 0 Å². The summed E-state index contributed by atoms with van der Waals surface area (Å²) >= 11 is 2.18. The van der Waals surface area contributed by atoms with E-state index in [1.807, 2.05) is 18.2 Å². The van der Waals surface area contributed by atoms with E-state index < -0.39 is 6.10 Å². The SMILES string of the molecule is COc1ccc([C@H](N)[C@@H](C)O)cc1I. The average molecular weight is 307 g/mol. The molecule has 4 heteroatoms. The molecule has 3 nitrogen and oxygen atoms in total. The summed E-state index contributed by atoms with van der Waals surface area (Å²) in [5.74, 6) is 0.826. The first kappa shape index (κ1) is 11.7. The van der Waals surface area contributed by atoms with Gasteiger partial charge in [0.15, 0.2) is 0 Å². The molecule has 0 saturated heterocycles. The van der Waals surface area contributed by atoms with Gasteiger partial charge in [-0.1, -0.05) is 6.07 Å². The van der Waals surface area contributed by atoms with E-state index in [4.69, 9.17) is 10.5 Å². The van der Waals surface area contributed by atoms with Crippen molar-refractivity contribution in [1.82, 2.24) is 0 Å². The number of hydrogen-bond donors (Lipinski definition) is 2. The normalized spacial score (nSPS) is 14.9. The van der Waals surface area contributed by atoms with Crippen LogP contribution in [-0.4, -0.2) is 18.3 Å². The van der Waals surface area contributed by atoms with Gasteiger partial charge in [0.2, 0.25) is 0 Å². The smallest absolute Gasteiger partial charge is 0.132 e. The highest BCUT2D eigenvalue weighted by atomic mass is 127. The summed E-state index contributed by atoms with van der Waals surface area (Å²) in [6.45, 7) is 1.68. The van der Waals surface area contributed by atoms with Crippen molar-refractivity contribution in [2.24, 2.45) is 5.73 Å². The first-order valence-electron chi connectivity index (χ1n) is 4.33. The Labute approximate surface area is 97.4 Å². The molecule has 0 heterocycles. The number of halogens is 1. The highest BCUT2D eigenvalue weighted by Crippen LogP contribution is 2.24. The Morgan fingerprint density at radius 2 is 2.14 bits per heavy atom. The number of hydrogen-bond acceptors (Lipinski definition) is 3. The van der Waals surface area contributed by atoms with Crippen molar-refractivity contribution in [2.45, 2.75) is 19.1 Å². The maximum atomic E-state index is 9.33. The Hall–Kier alpha value is -0.330. The van der Waals surface area contributed by atoms with Crippen molar-refractivity contribution < 1.29 is 9.84 Å². The molecule has 14 heavy (non-hydrogen) atoms. The maximum Gasteiger partial charge on any atom is 0.132 e. The number of methoxy groups -OCH3 is 1. The van der Waals surface area contributed by atoms with Crippen LogP contribution in [0.25, 0.3) is 0 Å². The fourth-order valence-electron chi connectivity index (χ4n) is 1.17. The van der Waals surface area contributed by atoms with Crippen LogP contribution in [0.3, 0.4) is 0 Å². The van der Waals surface area contributed by atoms with E-state index in [9.17, 15) is 5.11 Å². The van der Waals surface area contributed by atoms with Gasteiger partial charge in [0.1, 0.15) is 5.75 Å². The minimum Gasteiger partial charge on any atom is -0.496 e. The van der Waals surface area contributed by atoms with Gasteiger partial charge in [-0.05, 0) is 47.2 Å². The molecule has 0 saturated carbocycles. The minimum atomic E-state index is -0.542. The second-order valence-corrected chi connectivity index (χ2v) is 4.32. The van der Waals surface area contributed by atoms with Crippen LogP contribution in [-0.2, 0) is 0 Å². The van der Waals surface area contributed by atoms with E-state index in [0.717, 1.165) is 14.9 Å². The molecular formula is C10H14INO2. The zero-order valence-electron chi connectivity index (χ0n) is 8.20. The zero-order valence-corrected chi connectivity index (χ0v) is 10.4. The monoisotopic (exact) mass is 307 g/mol. The molecule has 0 fully saturated rings. The first-order chi connectivity index (χ1) is 6.56.